The Balaban J connectivity index is 1.51. The first kappa shape index (κ1) is 26.4. The van der Waals surface area contributed by atoms with Crippen LogP contribution in [-0.2, 0) is 26.2 Å². The number of benzene rings is 1. The van der Waals surface area contributed by atoms with E-state index in [1.54, 1.807) is 14.0 Å². The summed E-state index contributed by atoms with van der Waals surface area (Å²) >= 11 is 0. The second-order valence-corrected chi connectivity index (χ2v) is 13.2. The van der Waals surface area contributed by atoms with Crippen molar-refractivity contribution in [2.75, 3.05) is 12.9 Å². The molecule has 4 rings (SSSR count). The topological polar surface area (TPSA) is 93.1 Å². The van der Waals surface area contributed by atoms with Gasteiger partial charge in [-0.05, 0) is 61.6 Å². The maximum Gasteiger partial charge on any atom is 0.242 e. The van der Waals surface area contributed by atoms with Crippen LogP contribution in [0.25, 0.3) is 0 Å². The number of hydrogen-bond acceptors (Lipinski definition) is 6. The van der Waals surface area contributed by atoms with Crippen LogP contribution in [0.2, 0.25) is 0 Å². The summed E-state index contributed by atoms with van der Waals surface area (Å²) in [5.74, 6) is -0.0337. The molecule has 2 bridgehead atoms. The molecule has 1 amide bonds. The average Bonchev–Trinajstić information content (AvgIpc) is 3.30. The van der Waals surface area contributed by atoms with Crippen molar-refractivity contribution in [1.29, 1.82) is 0 Å². The van der Waals surface area contributed by atoms with Gasteiger partial charge in [0, 0.05) is 5.41 Å². The molecule has 0 aromatic heterocycles. The van der Waals surface area contributed by atoms with E-state index in [1.807, 2.05) is 31.2 Å². The van der Waals surface area contributed by atoms with Crippen LogP contribution in [0.3, 0.4) is 0 Å². The number of methoxy groups -OCH3 is 1. The van der Waals surface area contributed by atoms with Crippen LogP contribution >= 0.6 is 0 Å². The highest BCUT2D eigenvalue weighted by Gasteiger charge is 2.72. The van der Waals surface area contributed by atoms with Crippen molar-refractivity contribution in [1.82, 2.24) is 4.31 Å². The van der Waals surface area contributed by atoms with Gasteiger partial charge in [-0.1, -0.05) is 45.7 Å². The average molecular weight is 508 g/mol. The van der Waals surface area contributed by atoms with Crippen LogP contribution in [-0.4, -0.2) is 54.8 Å². The summed E-state index contributed by atoms with van der Waals surface area (Å²) in [5, 5.41) is 11.3. The molecule has 35 heavy (non-hydrogen) atoms. The lowest BCUT2D eigenvalue weighted by Gasteiger charge is -2.38. The fourth-order valence-corrected chi connectivity index (χ4v) is 9.57. The Bertz CT molecular complexity index is 1020. The number of fused-ring (bicyclic) bond motifs is 1. The molecule has 196 valence electrons. The number of ether oxygens (including phenoxy) is 2. The molecule has 2 saturated carbocycles. The first-order valence-corrected chi connectivity index (χ1v) is 14.6. The zero-order chi connectivity index (χ0) is 25.6. The van der Waals surface area contributed by atoms with Crippen molar-refractivity contribution in [2.24, 2.45) is 22.7 Å². The monoisotopic (exact) mass is 507 g/mol. The second-order valence-electron chi connectivity index (χ2n) is 11.4. The van der Waals surface area contributed by atoms with Crippen LogP contribution < -0.4 is 4.74 Å². The van der Waals surface area contributed by atoms with Crippen molar-refractivity contribution in [3.63, 3.8) is 0 Å². The number of aliphatic hydroxyl groups is 1. The van der Waals surface area contributed by atoms with Crippen LogP contribution in [0.1, 0.15) is 71.8 Å². The van der Waals surface area contributed by atoms with E-state index < -0.39 is 34.1 Å². The Morgan fingerprint density at radius 3 is 2.54 bits per heavy atom. The third-order valence-electron chi connectivity index (χ3n) is 9.38. The molecule has 8 heteroatoms. The maximum absolute atomic E-state index is 13.9. The smallest absolute Gasteiger partial charge is 0.242 e. The number of amides is 1. The third-order valence-corrected chi connectivity index (χ3v) is 11.3. The predicted molar refractivity (Wildman–Crippen MR) is 134 cm³/mol. The molecule has 1 N–H and O–H groups in total. The van der Waals surface area contributed by atoms with Gasteiger partial charge in [-0.2, -0.15) is 0 Å². The Labute approximate surface area is 210 Å². The quantitative estimate of drug-likeness (QED) is 0.512. The lowest BCUT2D eigenvalue weighted by molar-refractivity contribution is -0.142. The van der Waals surface area contributed by atoms with Gasteiger partial charge in [0.25, 0.3) is 0 Å². The summed E-state index contributed by atoms with van der Waals surface area (Å²) in [4.78, 5) is 13.9. The van der Waals surface area contributed by atoms with Crippen LogP contribution in [0.4, 0.5) is 0 Å². The molecule has 6 atom stereocenters. The summed E-state index contributed by atoms with van der Waals surface area (Å²) in [5.41, 5.74) is 0.448. The van der Waals surface area contributed by atoms with Gasteiger partial charge < -0.3 is 14.6 Å². The highest BCUT2D eigenvalue weighted by molar-refractivity contribution is 7.90. The minimum atomic E-state index is -3.73. The van der Waals surface area contributed by atoms with Gasteiger partial charge >= 0.3 is 0 Å². The van der Waals surface area contributed by atoms with E-state index >= 15 is 0 Å². The van der Waals surface area contributed by atoms with Crippen molar-refractivity contribution < 1.29 is 27.8 Å². The zero-order valence-electron chi connectivity index (χ0n) is 21.7. The maximum atomic E-state index is 13.9. The fourth-order valence-electron chi connectivity index (χ4n) is 6.98. The molecule has 1 aliphatic heterocycles. The van der Waals surface area contributed by atoms with E-state index in [0.717, 1.165) is 43.4 Å². The van der Waals surface area contributed by atoms with Gasteiger partial charge in [0.15, 0.2) is 0 Å². The first-order chi connectivity index (χ1) is 16.5. The van der Waals surface area contributed by atoms with E-state index in [1.165, 1.54) is 4.31 Å². The SMILES string of the molecule is CCCC[C@@H](C(=O)N1C2CC3CCC2(CS1(=O)=O)C3(C)C)[C@@H](O)[C@H](C)OCc1ccc(OC)cc1. The second kappa shape index (κ2) is 9.67. The molecule has 3 aliphatic rings. The molecule has 1 spiro atoms. The first-order valence-electron chi connectivity index (χ1n) is 13.0. The zero-order valence-corrected chi connectivity index (χ0v) is 22.5. The normalized spacial score (nSPS) is 30.6. The summed E-state index contributed by atoms with van der Waals surface area (Å²) in [6.07, 6.45) is 2.91. The Hall–Kier alpha value is -1.64. The van der Waals surface area contributed by atoms with Crippen molar-refractivity contribution >= 4 is 15.9 Å². The molecule has 1 aromatic carbocycles. The minimum absolute atomic E-state index is 0.0417. The number of aliphatic hydroxyl groups excluding tert-OH is 1. The number of rotatable bonds is 10. The molecule has 3 unspecified atom stereocenters. The molecule has 1 aromatic rings. The largest absolute Gasteiger partial charge is 0.497 e. The van der Waals surface area contributed by atoms with Gasteiger partial charge in [0.2, 0.25) is 15.9 Å². The molecule has 2 aliphatic carbocycles. The predicted octanol–water partition coefficient (Wildman–Crippen LogP) is 4.13. The minimum Gasteiger partial charge on any atom is -0.497 e. The lowest BCUT2D eigenvalue weighted by Crippen LogP contribution is -2.50. The number of unbranched alkanes of at least 4 members (excludes halogenated alkanes) is 1. The Morgan fingerprint density at radius 1 is 1.26 bits per heavy atom. The number of nitrogens with zero attached hydrogens (tertiary/aromatic N) is 1. The molecule has 3 fully saturated rings. The Kier molecular flexibility index (Phi) is 7.30. The van der Waals surface area contributed by atoms with E-state index in [-0.39, 0.29) is 29.2 Å². The summed E-state index contributed by atoms with van der Waals surface area (Å²) in [6, 6.07) is 7.19. The highest BCUT2D eigenvalue weighted by atomic mass is 32.2. The molecule has 1 saturated heterocycles. The fraction of sp³-hybridized carbons (Fsp3) is 0.741. The van der Waals surface area contributed by atoms with Crippen LogP contribution in [0.15, 0.2) is 24.3 Å². The van der Waals surface area contributed by atoms with Crippen LogP contribution in [0.5, 0.6) is 5.75 Å². The third kappa shape index (κ3) is 4.40. The van der Waals surface area contributed by atoms with E-state index in [2.05, 4.69) is 13.8 Å². The van der Waals surface area contributed by atoms with Gasteiger partial charge in [-0.3, -0.25) is 4.79 Å². The van der Waals surface area contributed by atoms with Crippen molar-refractivity contribution in [3.8, 4) is 5.75 Å². The molecule has 7 nitrogen and oxygen atoms in total. The molecular weight excluding hydrogens is 466 g/mol. The number of sulfonamides is 1. The number of hydrogen-bond donors (Lipinski definition) is 1. The standard InChI is InChI=1S/C27H41NO6S/c1-6-7-8-22(24(29)18(2)34-16-19-9-11-21(33-5)12-10-19)25(30)28-23-15-20-13-14-27(23,26(20,3)4)17-35(28,31)32/h9-12,18,20,22-24,29H,6-8,13-17H2,1-5H3/t18-,20?,22+,23?,24-,27?/m0/s1. The van der Waals surface area contributed by atoms with Crippen molar-refractivity contribution in [3.05, 3.63) is 29.8 Å². The van der Waals surface area contributed by atoms with Crippen LogP contribution in [0, 0.1) is 22.7 Å². The van der Waals surface area contributed by atoms with Gasteiger partial charge in [0.1, 0.15) is 5.75 Å². The highest BCUT2D eigenvalue weighted by Crippen LogP contribution is 2.70. The summed E-state index contributed by atoms with van der Waals surface area (Å²) < 4.78 is 39.1. The number of carbonyl (C=O) groups excluding carboxylic acids is 1. The molecule has 0 radical (unpaired) electrons. The van der Waals surface area contributed by atoms with E-state index in [4.69, 9.17) is 9.47 Å². The van der Waals surface area contributed by atoms with Gasteiger partial charge in [0.05, 0.1) is 43.6 Å². The van der Waals surface area contributed by atoms with Gasteiger partial charge in [-0.25, -0.2) is 12.7 Å². The van der Waals surface area contributed by atoms with Gasteiger partial charge in [-0.15, -0.1) is 0 Å². The lowest BCUT2D eigenvalue weighted by atomic mass is 9.69. The number of carbonyl (C=O) groups is 1. The summed E-state index contributed by atoms with van der Waals surface area (Å²) in [7, 11) is -2.12. The van der Waals surface area contributed by atoms with Crippen molar-refractivity contribution in [2.45, 2.75) is 91.1 Å². The Morgan fingerprint density at radius 2 is 1.94 bits per heavy atom. The molecular formula is C27H41NO6S. The molecule has 1 heterocycles. The summed E-state index contributed by atoms with van der Waals surface area (Å²) in [6.45, 7) is 8.40. The van der Waals surface area contributed by atoms with E-state index in [0.29, 0.717) is 12.3 Å². The van der Waals surface area contributed by atoms with E-state index in [9.17, 15) is 18.3 Å².